The maximum atomic E-state index is 11.9. The number of rotatable bonds is 9. The second-order valence-electron chi connectivity index (χ2n) is 6.37. The van der Waals surface area contributed by atoms with E-state index in [0.717, 1.165) is 18.0 Å². The number of nitrogens with two attached hydrogens (primary N) is 1. The van der Waals surface area contributed by atoms with E-state index in [0.29, 0.717) is 0 Å². The molecule has 6 atom stereocenters. The van der Waals surface area contributed by atoms with Crippen LogP contribution in [0.3, 0.4) is 0 Å². The zero-order chi connectivity index (χ0) is 24.8. The fourth-order valence-corrected chi connectivity index (χ4v) is 7.08. The minimum absolute atomic E-state index is 0.0461. The highest BCUT2D eigenvalue weighted by atomic mass is 32.5. The predicted octanol–water partition coefficient (Wildman–Crippen LogP) is -1.57. The van der Waals surface area contributed by atoms with Gasteiger partial charge in [-0.15, -0.1) is 0 Å². The number of imidazole rings is 1. The van der Waals surface area contributed by atoms with Crippen LogP contribution in [-0.4, -0.2) is 76.4 Å². The van der Waals surface area contributed by atoms with Crippen LogP contribution in [-0.2, 0) is 43.3 Å². The van der Waals surface area contributed by atoms with E-state index < -0.39 is 59.1 Å². The van der Waals surface area contributed by atoms with Gasteiger partial charge in [-0.3, -0.25) is 14.3 Å². The molecular weight excluding hydrogens is 535 g/mol. The van der Waals surface area contributed by atoms with Crippen LogP contribution < -0.4 is 11.3 Å². The molecular formula is C11H18N5O13P3S. The minimum Gasteiger partial charge on any atom is -0.387 e. The first-order valence-electron chi connectivity index (χ1n) is 8.50. The lowest BCUT2D eigenvalue weighted by Crippen LogP contribution is -2.33. The average Bonchev–Trinajstić information content (AvgIpc) is 3.20. The van der Waals surface area contributed by atoms with Crippen molar-refractivity contribution in [3.63, 3.8) is 0 Å². The second-order valence-corrected chi connectivity index (χ2v) is 12.5. The van der Waals surface area contributed by atoms with Crippen molar-refractivity contribution in [3.8, 4) is 0 Å². The fraction of sp³-hybridized carbons (Fsp3) is 0.545. The molecule has 0 spiro atoms. The van der Waals surface area contributed by atoms with Gasteiger partial charge in [0.2, 0.25) is 5.95 Å². The number of aliphatic hydroxyl groups excluding tert-OH is 2. The summed E-state index contributed by atoms with van der Waals surface area (Å²) in [6, 6.07) is 0. The molecule has 4 unspecified atom stereocenters. The van der Waals surface area contributed by atoms with Gasteiger partial charge in [-0.25, -0.2) is 18.4 Å². The topological polar surface area (TPSA) is 271 Å². The van der Waals surface area contributed by atoms with E-state index in [-0.39, 0.29) is 17.1 Å². The number of fused-ring (bicyclic) bond motifs is 1. The van der Waals surface area contributed by atoms with Gasteiger partial charge in [-0.1, -0.05) is 0 Å². The van der Waals surface area contributed by atoms with Gasteiger partial charge in [0, 0.05) is 7.11 Å². The SMILES string of the molecule is COP(=S)(OC[C@H]1O[C@@H](n2cnc3c(=O)[nH]c(N)nc32)C(O)C1O)OP(=O)(O)OP(=O)(O)O. The number of hydrogen-bond acceptors (Lipinski definition) is 14. The Morgan fingerprint density at radius 1 is 1.27 bits per heavy atom. The van der Waals surface area contributed by atoms with Crippen molar-refractivity contribution in [1.29, 1.82) is 0 Å². The summed E-state index contributed by atoms with van der Waals surface area (Å²) in [5.41, 5.74) is 4.72. The van der Waals surface area contributed by atoms with E-state index in [1.165, 1.54) is 0 Å². The largest absolute Gasteiger partial charge is 0.488 e. The summed E-state index contributed by atoms with van der Waals surface area (Å²) in [5, 5.41) is 20.7. The molecule has 0 aliphatic carbocycles. The monoisotopic (exact) mass is 553 g/mol. The van der Waals surface area contributed by atoms with Crippen molar-refractivity contribution in [2.75, 3.05) is 19.5 Å². The third kappa shape index (κ3) is 6.11. The van der Waals surface area contributed by atoms with E-state index in [1.54, 1.807) is 0 Å². The van der Waals surface area contributed by atoms with Crippen molar-refractivity contribution >= 4 is 51.3 Å². The Morgan fingerprint density at radius 2 is 1.94 bits per heavy atom. The van der Waals surface area contributed by atoms with Gasteiger partial charge in [-0.05, 0) is 11.8 Å². The van der Waals surface area contributed by atoms with Crippen molar-refractivity contribution in [2.45, 2.75) is 24.5 Å². The summed E-state index contributed by atoms with van der Waals surface area (Å²) >= 11 is 4.85. The summed E-state index contributed by atoms with van der Waals surface area (Å²) in [7, 11) is -9.92. The number of hydrogen-bond donors (Lipinski definition) is 7. The number of aliphatic hydroxyl groups is 2. The Kier molecular flexibility index (Phi) is 7.61. The molecule has 2 aromatic heterocycles. The Morgan fingerprint density at radius 3 is 2.55 bits per heavy atom. The third-order valence-electron chi connectivity index (χ3n) is 4.10. The number of aromatic amines is 1. The van der Waals surface area contributed by atoms with Crippen LogP contribution in [0.4, 0.5) is 5.95 Å². The maximum Gasteiger partial charge on any atom is 0.488 e. The van der Waals surface area contributed by atoms with E-state index in [4.69, 9.17) is 41.1 Å². The number of nitrogen functional groups attached to an aromatic ring is 1. The van der Waals surface area contributed by atoms with Crippen LogP contribution in [0.25, 0.3) is 11.2 Å². The summed E-state index contributed by atoms with van der Waals surface area (Å²) in [5.74, 6) is -0.230. The van der Waals surface area contributed by atoms with Crippen molar-refractivity contribution < 1.29 is 56.4 Å². The smallest absolute Gasteiger partial charge is 0.387 e. The van der Waals surface area contributed by atoms with Crippen molar-refractivity contribution in [2.24, 2.45) is 0 Å². The Bertz CT molecular complexity index is 1230. The van der Waals surface area contributed by atoms with E-state index in [1.807, 2.05) is 0 Å². The summed E-state index contributed by atoms with van der Waals surface area (Å²) in [6.07, 6.45) is -4.68. The molecule has 3 rings (SSSR count). The summed E-state index contributed by atoms with van der Waals surface area (Å²) in [6.45, 7) is -4.82. The quantitative estimate of drug-likeness (QED) is 0.173. The van der Waals surface area contributed by atoms with Crippen LogP contribution in [0.5, 0.6) is 0 Å². The highest BCUT2D eigenvalue weighted by molar-refractivity contribution is 8.09. The molecule has 18 nitrogen and oxygen atoms in total. The van der Waals surface area contributed by atoms with Crippen molar-refractivity contribution in [1.82, 2.24) is 19.5 Å². The molecule has 1 saturated heterocycles. The normalized spacial score (nSPS) is 27.5. The van der Waals surface area contributed by atoms with E-state index in [9.17, 15) is 29.0 Å². The highest BCUT2D eigenvalue weighted by Gasteiger charge is 2.46. The molecule has 1 aliphatic heterocycles. The Hall–Kier alpha value is -1.14. The number of aromatic nitrogens is 4. The standard InChI is InChI=1S/C11H18N5O13P3S/c1-25-32(33,29-31(23,24)28-30(20,21)22)26-2-4-6(17)7(18)10(27-4)16-3-13-5-8(16)14-11(12)15-9(5)19/h3-4,6-7,10,17-18H,2H2,1H3,(H,23,24)(H2,20,21,22)(H3,12,14,15,19)/t4-,6?,7?,10-,32?/m1/s1. The van der Waals surface area contributed by atoms with Crippen LogP contribution >= 0.6 is 22.4 Å². The van der Waals surface area contributed by atoms with Crippen LogP contribution in [0, 0.1) is 0 Å². The van der Waals surface area contributed by atoms with Gasteiger partial charge < -0.3 is 44.4 Å². The number of anilines is 1. The van der Waals surface area contributed by atoms with Crippen molar-refractivity contribution in [3.05, 3.63) is 16.7 Å². The molecule has 0 saturated carbocycles. The van der Waals surface area contributed by atoms with Gasteiger partial charge in [-0.2, -0.15) is 9.29 Å². The molecule has 33 heavy (non-hydrogen) atoms. The van der Waals surface area contributed by atoms with E-state index in [2.05, 4.69) is 23.6 Å². The minimum atomic E-state index is -5.43. The molecule has 1 fully saturated rings. The van der Waals surface area contributed by atoms with Gasteiger partial charge in [0.15, 0.2) is 17.4 Å². The fourth-order valence-electron chi connectivity index (χ4n) is 2.78. The Balaban J connectivity index is 1.75. The molecule has 2 aromatic rings. The molecule has 8 N–H and O–H groups in total. The zero-order valence-electron chi connectivity index (χ0n) is 16.3. The van der Waals surface area contributed by atoms with Crippen LogP contribution in [0.2, 0.25) is 0 Å². The summed E-state index contributed by atoms with van der Waals surface area (Å²) < 4.78 is 47.2. The highest BCUT2D eigenvalue weighted by Crippen LogP contribution is 2.68. The first kappa shape index (κ1) is 26.5. The molecule has 22 heteroatoms. The molecule has 186 valence electrons. The lowest BCUT2D eigenvalue weighted by Gasteiger charge is -2.24. The van der Waals surface area contributed by atoms with Gasteiger partial charge in [0.05, 0.1) is 12.9 Å². The lowest BCUT2D eigenvalue weighted by atomic mass is 10.1. The number of phosphoric acid groups is 2. The molecule has 1 aliphatic rings. The van der Waals surface area contributed by atoms with Gasteiger partial charge in [0.25, 0.3) is 5.56 Å². The number of H-pyrrole nitrogens is 1. The average molecular weight is 553 g/mol. The summed E-state index contributed by atoms with van der Waals surface area (Å²) in [4.78, 5) is 48.8. The molecule has 0 amide bonds. The van der Waals surface area contributed by atoms with Crippen LogP contribution in [0.15, 0.2) is 11.1 Å². The number of nitrogens with zero attached hydrogens (tertiary/aromatic N) is 3. The van der Waals surface area contributed by atoms with Crippen LogP contribution in [0.1, 0.15) is 6.23 Å². The first-order valence-corrected chi connectivity index (χ1v) is 14.1. The molecule has 3 heterocycles. The molecule has 0 bridgehead atoms. The predicted molar refractivity (Wildman–Crippen MR) is 110 cm³/mol. The number of ether oxygens (including phenoxy) is 1. The Labute approximate surface area is 188 Å². The first-order chi connectivity index (χ1) is 15.1. The third-order valence-corrected chi connectivity index (χ3v) is 9.67. The van der Waals surface area contributed by atoms with Gasteiger partial charge >= 0.3 is 22.4 Å². The lowest BCUT2D eigenvalue weighted by molar-refractivity contribution is -0.0489. The molecule has 0 radical (unpaired) electrons. The number of nitrogens with one attached hydrogen (secondary N) is 1. The molecule has 0 aromatic carbocycles. The van der Waals surface area contributed by atoms with E-state index >= 15 is 0 Å². The second kappa shape index (κ2) is 9.49. The van der Waals surface area contributed by atoms with Gasteiger partial charge in [0.1, 0.15) is 18.3 Å². The zero-order valence-corrected chi connectivity index (χ0v) is 19.8. The maximum absolute atomic E-state index is 11.9.